The number of rotatable bonds is 19. The summed E-state index contributed by atoms with van der Waals surface area (Å²) in [5.41, 5.74) is 1.29. The second-order valence-electron chi connectivity index (χ2n) is 31.7. The van der Waals surface area contributed by atoms with E-state index >= 15 is 9.59 Å². The number of amides is 2. The van der Waals surface area contributed by atoms with E-state index in [9.17, 15) is 29.4 Å². The number of allylic oxidation sites excluding steroid dienone is 1. The van der Waals surface area contributed by atoms with Gasteiger partial charge in [0.15, 0.2) is 0 Å². The highest BCUT2D eigenvalue weighted by Gasteiger charge is 2.52. The van der Waals surface area contributed by atoms with Gasteiger partial charge in [-0.15, -0.1) is 11.8 Å². The Morgan fingerprint density at radius 2 is 1.14 bits per heavy atom. The number of thioether (sulfide) groups is 1. The van der Waals surface area contributed by atoms with Crippen LogP contribution in [0, 0.1) is 73.9 Å². The molecule has 3 aliphatic rings. The molecule has 478 valence electrons. The first-order valence-electron chi connectivity index (χ1n) is 31.1. The standard InChI is InChI=1S/C70H106N4O11S/c1-24-40-25-27-41(28-26-40)35-83-36-42-29-44(65(6,7)8)56(45(30-42)66(9,10)11)84-61(79)54-52(38(2)3)48(71-58(54)73-63(81)69(18,19)20)33-49-53(39(4)5)55(59(72-49)74-64(82)70(21,22)23)62(80)85-57-46(67(12,13)14)31-43(32-47(57)68(15,16)17)37-86-50(60(77)78)34-51(75)76/h24-28,33,38-39,42-47,50,56-57,72H,1,29-32,34-37H2,2-23H3,(H,74,82)(H,75,76)(H,77,78)(H,71,73,81). The molecule has 16 heteroatoms. The van der Waals surface area contributed by atoms with Crippen LogP contribution in [0.15, 0.2) is 52.7 Å². The number of aromatic nitrogens is 1. The molecule has 0 spiro atoms. The van der Waals surface area contributed by atoms with Crippen LogP contribution in [0.2, 0.25) is 0 Å². The lowest BCUT2D eigenvalue weighted by atomic mass is 9.58. The zero-order valence-electron chi connectivity index (χ0n) is 56.1. The van der Waals surface area contributed by atoms with Crippen molar-refractivity contribution in [2.24, 2.45) is 78.9 Å². The molecule has 1 aromatic carbocycles. The maximum absolute atomic E-state index is 15.6. The van der Waals surface area contributed by atoms with Crippen LogP contribution in [-0.4, -0.2) is 86.5 Å². The van der Waals surface area contributed by atoms with Gasteiger partial charge < -0.3 is 40.0 Å². The van der Waals surface area contributed by atoms with Crippen molar-refractivity contribution in [3.05, 3.63) is 75.6 Å². The van der Waals surface area contributed by atoms with Crippen LogP contribution in [0.25, 0.3) is 12.2 Å². The van der Waals surface area contributed by atoms with Crippen molar-refractivity contribution in [2.45, 2.75) is 214 Å². The number of H-pyrrole nitrogens is 1. The Kier molecular flexibility index (Phi) is 22.8. The van der Waals surface area contributed by atoms with Gasteiger partial charge in [-0.1, -0.05) is 189 Å². The number of amidine groups is 1. The molecule has 2 amide bonds. The minimum Gasteiger partial charge on any atom is -0.481 e. The predicted molar refractivity (Wildman–Crippen MR) is 346 cm³/mol. The Hall–Kier alpha value is -5.48. The molecule has 5 atom stereocenters. The number of nitrogens with zero attached hydrogens (tertiary/aromatic N) is 1. The van der Waals surface area contributed by atoms with Crippen molar-refractivity contribution >= 4 is 71.3 Å². The largest absolute Gasteiger partial charge is 0.481 e. The van der Waals surface area contributed by atoms with E-state index in [1.54, 1.807) is 47.6 Å². The molecule has 2 aliphatic carbocycles. The van der Waals surface area contributed by atoms with Gasteiger partial charge >= 0.3 is 23.9 Å². The fourth-order valence-electron chi connectivity index (χ4n) is 12.6. The fraction of sp³-hybridized carbons (Fsp3) is 0.671. The van der Waals surface area contributed by atoms with Gasteiger partial charge in [0, 0.05) is 46.8 Å². The number of benzene rings is 1. The number of carboxylic acid groups (broad SMARTS) is 2. The van der Waals surface area contributed by atoms with Crippen molar-refractivity contribution in [3.8, 4) is 0 Å². The molecule has 2 saturated carbocycles. The van der Waals surface area contributed by atoms with E-state index in [1.165, 1.54) is 0 Å². The van der Waals surface area contributed by atoms with E-state index < -0.39 is 69.4 Å². The molecule has 5 rings (SSSR count). The Balaban J connectivity index is 1.65. The Morgan fingerprint density at radius 3 is 1.56 bits per heavy atom. The van der Waals surface area contributed by atoms with E-state index in [1.807, 2.05) is 45.9 Å². The zero-order valence-corrected chi connectivity index (χ0v) is 56.9. The average Bonchev–Trinajstić information content (AvgIpc) is 1.42. The van der Waals surface area contributed by atoms with Crippen LogP contribution < -0.4 is 10.6 Å². The van der Waals surface area contributed by atoms with Gasteiger partial charge in [-0.05, 0) is 105 Å². The number of anilines is 1. The molecule has 2 aromatic rings. The van der Waals surface area contributed by atoms with Gasteiger partial charge in [0.1, 0.15) is 40.2 Å². The summed E-state index contributed by atoms with van der Waals surface area (Å²) in [5, 5.41) is 24.4. The van der Waals surface area contributed by atoms with E-state index in [0.717, 1.165) is 35.7 Å². The topological polar surface area (TPSA) is 223 Å². The van der Waals surface area contributed by atoms with Gasteiger partial charge in [0.05, 0.1) is 18.7 Å². The van der Waals surface area contributed by atoms with Crippen LogP contribution >= 0.6 is 11.8 Å². The number of carbonyl (C=O) groups is 6. The number of hydrogen-bond acceptors (Lipinski definition) is 11. The Morgan fingerprint density at radius 1 is 0.674 bits per heavy atom. The van der Waals surface area contributed by atoms with E-state index in [-0.39, 0.29) is 92.8 Å². The predicted octanol–water partition coefficient (Wildman–Crippen LogP) is 15.4. The summed E-state index contributed by atoms with van der Waals surface area (Å²) >= 11 is 1.15. The fourth-order valence-corrected chi connectivity index (χ4v) is 13.7. The van der Waals surface area contributed by atoms with Crippen LogP contribution in [0.4, 0.5) is 5.82 Å². The molecule has 1 aromatic heterocycles. The van der Waals surface area contributed by atoms with Gasteiger partial charge in [-0.3, -0.25) is 19.2 Å². The molecule has 5 N–H and O–H groups in total. The number of carbonyl (C=O) groups excluding carboxylic acids is 4. The minimum atomic E-state index is -1.17. The molecule has 0 saturated heterocycles. The summed E-state index contributed by atoms with van der Waals surface area (Å²) < 4.78 is 20.3. The number of esters is 2. The summed E-state index contributed by atoms with van der Waals surface area (Å²) in [6.45, 7) is 49.4. The summed E-state index contributed by atoms with van der Waals surface area (Å²) in [5.74, 6) is -4.59. The number of carboxylic acids is 2. The van der Waals surface area contributed by atoms with Gasteiger partial charge in [-0.25, -0.2) is 14.6 Å². The molecule has 0 radical (unpaired) electrons. The first kappa shape index (κ1) is 71.3. The lowest BCUT2D eigenvalue weighted by Gasteiger charge is -2.50. The van der Waals surface area contributed by atoms with Crippen molar-refractivity contribution in [1.82, 2.24) is 10.3 Å². The third-order valence-corrected chi connectivity index (χ3v) is 19.1. The van der Waals surface area contributed by atoms with Crippen LogP contribution in [0.3, 0.4) is 0 Å². The van der Waals surface area contributed by atoms with Crippen molar-refractivity contribution in [2.75, 3.05) is 17.7 Å². The average molecular weight is 1210 g/mol. The molecule has 2 heterocycles. The van der Waals surface area contributed by atoms with Gasteiger partial charge in [0.25, 0.3) is 0 Å². The highest BCUT2D eigenvalue weighted by molar-refractivity contribution is 8.00. The zero-order chi connectivity index (χ0) is 65.1. The number of aromatic amines is 1. The Labute approximate surface area is 519 Å². The lowest BCUT2D eigenvalue weighted by molar-refractivity contribution is -0.166. The van der Waals surface area contributed by atoms with Crippen molar-refractivity contribution in [3.63, 3.8) is 0 Å². The lowest BCUT2D eigenvalue weighted by Crippen LogP contribution is -2.51. The summed E-state index contributed by atoms with van der Waals surface area (Å²) in [6, 6.07) is 8.19. The van der Waals surface area contributed by atoms with E-state index in [2.05, 4.69) is 117 Å². The van der Waals surface area contributed by atoms with Crippen LogP contribution in [0.1, 0.15) is 223 Å². The molecular weight excluding hydrogens is 1100 g/mol. The highest BCUT2D eigenvalue weighted by atomic mass is 32.2. The minimum absolute atomic E-state index is 0.00498. The van der Waals surface area contributed by atoms with E-state index in [4.69, 9.17) is 19.2 Å². The molecule has 0 bridgehead atoms. The molecular formula is C70H106N4O11S. The maximum Gasteiger partial charge on any atom is 0.342 e. The number of hydrogen-bond donors (Lipinski definition) is 5. The van der Waals surface area contributed by atoms with Crippen molar-refractivity contribution < 1.29 is 53.2 Å². The SMILES string of the molecule is C=Cc1ccc(COCC2CC(C(C)(C)C)C(OC(=O)C3=C(C(C)C)C(=Cc4[nH]c(NC(=O)C(C)(C)C)c(C(=O)OC5C(C(C)(C)C)CC(CSC(CC(=O)O)C(=O)O)CC5C(C)(C)C)c4C(C)C)N=C3NC(=O)C(C)(C)C)C(C(C)(C)C)C2)cc1. The molecule has 86 heavy (non-hydrogen) atoms. The first-order chi connectivity index (χ1) is 39.3. The highest BCUT2D eigenvalue weighted by Crippen LogP contribution is 2.53. The number of aliphatic carboxylic acids is 2. The Bertz CT molecular complexity index is 2850. The van der Waals surface area contributed by atoms with Crippen LogP contribution in [-0.2, 0) is 44.8 Å². The monoisotopic (exact) mass is 1210 g/mol. The third kappa shape index (κ3) is 18.1. The van der Waals surface area contributed by atoms with Crippen molar-refractivity contribution in [1.29, 1.82) is 0 Å². The number of nitrogens with one attached hydrogen (secondary N) is 3. The van der Waals surface area contributed by atoms with Gasteiger partial charge in [-0.2, -0.15) is 0 Å². The molecule has 1 aliphatic heterocycles. The quantitative estimate of drug-likeness (QED) is 0.0829. The summed E-state index contributed by atoms with van der Waals surface area (Å²) in [4.78, 5) is 91.7. The summed E-state index contributed by atoms with van der Waals surface area (Å²) in [7, 11) is 0. The molecule has 2 fully saturated rings. The van der Waals surface area contributed by atoms with E-state index in [0.29, 0.717) is 54.3 Å². The second-order valence-corrected chi connectivity index (χ2v) is 33.0. The number of ether oxygens (including phenoxy) is 3. The number of aliphatic imine (C=N–C) groups is 1. The molecule has 15 nitrogen and oxygen atoms in total. The van der Waals surface area contributed by atoms with Gasteiger partial charge in [0.2, 0.25) is 11.8 Å². The molecule has 5 unspecified atom stereocenters. The maximum atomic E-state index is 15.6. The first-order valence-corrected chi connectivity index (χ1v) is 32.1. The second kappa shape index (κ2) is 27.5. The van der Waals surface area contributed by atoms with Crippen LogP contribution in [0.5, 0.6) is 0 Å². The third-order valence-electron chi connectivity index (χ3n) is 17.6. The summed E-state index contributed by atoms with van der Waals surface area (Å²) in [6.07, 6.45) is 4.76. The normalized spacial score (nSPS) is 23.5. The smallest absolute Gasteiger partial charge is 0.342 e.